The number of nitrogens with zero attached hydrogens (tertiary/aromatic N) is 5. The van der Waals surface area contributed by atoms with Crippen LogP contribution in [0.25, 0.3) is 114 Å². The summed E-state index contributed by atoms with van der Waals surface area (Å²) < 4.78 is 7.68. The molecule has 0 N–H and O–H groups in total. The zero-order valence-corrected chi connectivity index (χ0v) is 38.6. The monoisotopic (exact) mass is 909 g/mol. The van der Waals surface area contributed by atoms with Gasteiger partial charge in [0.2, 0.25) is 0 Å². The third-order valence-corrected chi connectivity index (χ3v) is 17.1. The lowest BCUT2D eigenvalue weighted by Gasteiger charge is -2.45. The Bertz CT molecular complexity index is 4920. The van der Waals surface area contributed by atoms with Gasteiger partial charge in [0.1, 0.15) is 0 Å². The van der Waals surface area contributed by atoms with Gasteiger partial charge in [0, 0.05) is 76.0 Å². The summed E-state index contributed by atoms with van der Waals surface area (Å²) in [6.45, 7) is -0.127. The summed E-state index contributed by atoms with van der Waals surface area (Å²) in [6.07, 6.45) is 0. The van der Waals surface area contributed by atoms with Crippen LogP contribution in [0, 0.1) is 0 Å². The first-order valence-corrected chi connectivity index (χ1v) is 25.2. The van der Waals surface area contributed by atoms with Crippen LogP contribution >= 0.6 is 0 Å². The average Bonchev–Trinajstić information content (AvgIpc) is 4.30. The van der Waals surface area contributed by atoms with Crippen LogP contribution < -0.4 is 26.2 Å². The quantitative estimate of drug-likeness (QED) is 0.161. The van der Waals surface area contributed by atoms with Gasteiger partial charge in [0.15, 0.2) is 0 Å². The number of aromatic nitrogens is 3. The van der Waals surface area contributed by atoms with E-state index in [1.54, 1.807) is 0 Å². The molecule has 0 saturated carbocycles. The highest BCUT2D eigenvalue weighted by molar-refractivity contribution is 7.01. The molecule has 5 nitrogen and oxygen atoms in total. The smallest absolute Gasteiger partial charge is 0.252 e. The summed E-state index contributed by atoms with van der Waals surface area (Å²) in [7, 11) is 0. The molecule has 0 unspecified atom stereocenters. The van der Waals surface area contributed by atoms with E-state index in [1.165, 1.54) is 153 Å². The number of hydrogen-bond donors (Lipinski definition) is 0. The number of benzene rings is 11. The maximum atomic E-state index is 2.69. The Morgan fingerprint density at radius 3 is 1.06 bits per heavy atom. The number of para-hydroxylation sites is 8. The van der Waals surface area contributed by atoms with Crippen molar-refractivity contribution in [3.8, 4) is 0 Å². The van der Waals surface area contributed by atoms with E-state index in [1.807, 2.05) is 0 Å². The Kier molecular flexibility index (Phi) is 6.30. The molecular formula is C66H36BN5. The summed E-state index contributed by atoms with van der Waals surface area (Å²) in [4.78, 5) is 5.38. The summed E-state index contributed by atoms with van der Waals surface area (Å²) >= 11 is 0. The average molecular weight is 910 g/mol. The molecular weight excluding hydrogens is 874 g/mol. The largest absolute Gasteiger partial charge is 0.310 e. The van der Waals surface area contributed by atoms with E-state index < -0.39 is 0 Å². The highest BCUT2D eigenvalue weighted by Gasteiger charge is 2.48. The zero-order valence-electron chi connectivity index (χ0n) is 38.6. The standard InChI is InChI=1S/C66H36BN5/c1-3-17-37(18-4-1)68-62-47(33-35-53-55(62)45-27-15-25-41-39-21-7-11-29-49(39)71(53)60(41)45)67-48-34-36-54-56(46-28-16-26-42-40-22-8-12-30-50(40)72(54)61(42)46)63(48)69(38-19-5-2-6-20-38)66-58-44-24-10-14-32-52(44)70-51-31-13-9-23-43(51)57(64(58)70)65(68)59(66)67/h1-36H. The molecule has 8 heterocycles. The third-order valence-electron chi connectivity index (χ3n) is 17.1. The van der Waals surface area contributed by atoms with Crippen molar-refractivity contribution in [2.24, 2.45) is 0 Å². The van der Waals surface area contributed by atoms with Gasteiger partial charge in [-0.25, -0.2) is 0 Å². The molecule has 0 radical (unpaired) electrons. The van der Waals surface area contributed by atoms with Crippen molar-refractivity contribution >= 4 is 172 Å². The first-order chi connectivity index (χ1) is 35.8. The number of hydrogen-bond acceptors (Lipinski definition) is 2. The molecule has 17 aromatic rings. The summed E-state index contributed by atoms with van der Waals surface area (Å²) in [6, 6.07) is 82.5. The SMILES string of the molecule is c1ccc(N2c3c(ccc4c3c3cccc5c6ccccc6n4c53)B3c4ccc5c(c4N(c4ccccc4)c4c3c2c2c3ccccc3n3c6ccccc6c4c23)c2cccc3c4ccccc4n5c32)cc1. The van der Waals surface area contributed by atoms with Gasteiger partial charge in [-0.1, -0.05) is 158 Å². The second kappa shape index (κ2) is 12.4. The second-order valence-corrected chi connectivity index (χ2v) is 20.3. The molecule has 0 amide bonds. The normalized spacial score (nSPS) is 13.8. The van der Waals surface area contributed by atoms with Crippen LogP contribution in [-0.2, 0) is 0 Å². The fourth-order valence-electron chi connectivity index (χ4n) is 14.7. The molecule has 0 spiro atoms. The van der Waals surface area contributed by atoms with E-state index in [2.05, 4.69) is 241 Å². The Labute approximate surface area is 410 Å². The predicted molar refractivity (Wildman–Crippen MR) is 304 cm³/mol. The van der Waals surface area contributed by atoms with Crippen LogP contribution in [0.1, 0.15) is 0 Å². The molecule has 0 aliphatic carbocycles. The van der Waals surface area contributed by atoms with Gasteiger partial charge in [-0.05, 0) is 77.1 Å². The minimum absolute atomic E-state index is 0.127. The van der Waals surface area contributed by atoms with Crippen LogP contribution in [0.3, 0.4) is 0 Å². The fourth-order valence-corrected chi connectivity index (χ4v) is 14.7. The molecule has 0 bridgehead atoms. The van der Waals surface area contributed by atoms with Gasteiger partial charge in [-0.3, -0.25) is 0 Å². The molecule has 11 aromatic carbocycles. The minimum atomic E-state index is -0.127. The number of rotatable bonds is 2. The molecule has 72 heavy (non-hydrogen) atoms. The highest BCUT2D eigenvalue weighted by atomic mass is 15.2. The highest BCUT2D eigenvalue weighted by Crippen LogP contribution is 2.57. The van der Waals surface area contributed by atoms with Crippen LogP contribution in [0.2, 0.25) is 0 Å². The van der Waals surface area contributed by atoms with Crippen molar-refractivity contribution in [2.75, 3.05) is 9.80 Å². The summed E-state index contributed by atoms with van der Waals surface area (Å²) in [5.41, 5.74) is 22.5. The van der Waals surface area contributed by atoms with Crippen molar-refractivity contribution in [3.63, 3.8) is 0 Å². The lowest BCUT2D eigenvalue weighted by atomic mass is 9.33. The van der Waals surface area contributed by atoms with E-state index in [9.17, 15) is 0 Å². The van der Waals surface area contributed by atoms with Crippen LogP contribution in [0.15, 0.2) is 218 Å². The first-order valence-electron chi connectivity index (χ1n) is 25.2. The molecule has 0 fully saturated rings. The third kappa shape index (κ3) is 3.96. The van der Waals surface area contributed by atoms with Gasteiger partial charge in [0.25, 0.3) is 6.71 Å². The van der Waals surface area contributed by atoms with Gasteiger partial charge in [0.05, 0.1) is 72.4 Å². The molecule has 2 aliphatic heterocycles. The Morgan fingerprint density at radius 1 is 0.236 bits per heavy atom. The van der Waals surface area contributed by atoms with Crippen LogP contribution in [-0.4, -0.2) is 19.9 Å². The van der Waals surface area contributed by atoms with Crippen molar-refractivity contribution < 1.29 is 0 Å². The molecule has 0 saturated heterocycles. The van der Waals surface area contributed by atoms with E-state index >= 15 is 0 Å². The van der Waals surface area contributed by atoms with Crippen molar-refractivity contribution in [1.29, 1.82) is 0 Å². The van der Waals surface area contributed by atoms with Crippen molar-refractivity contribution in [2.45, 2.75) is 0 Å². The molecule has 2 aliphatic rings. The van der Waals surface area contributed by atoms with E-state index in [-0.39, 0.29) is 6.71 Å². The lowest BCUT2D eigenvalue weighted by Crippen LogP contribution is -2.61. The Balaban J connectivity index is 1.10. The van der Waals surface area contributed by atoms with Crippen LogP contribution in [0.4, 0.5) is 34.1 Å². The summed E-state index contributed by atoms with van der Waals surface area (Å²) in [5, 5.41) is 15.4. The summed E-state index contributed by atoms with van der Waals surface area (Å²) in [5.74, 6) is 0. The van der Waals surface area contributed by atoms with Gasteiger partial charge < -0.3 is 23.0 Å². The van der Waals surface area contributed by atoms with E-state index in [4.69, 9.17) is 0 Å². The Hall–Kier alpha value is -9.52. The molecule has 6 heteroatoms. The topological polar surface area (TPSA) is 19.7 Å². The lowest BCUT2D eigenvalue weighted by molar-refractivity contribution is 1.28. The van der Waals surface area contributed by atoms with Gasteiger partial charge in [-0.2, -0.15) is 0 Å². The predicted octanol–water partition coefficient (Wildman–Crippen LogP) is 15.2. The number of fused-ring (bicyclic) bond motifs is 26. The van der Waals surface area contributed by atoms with Crippen LogP contribution in [0.5, 0.6) is 0 Å². The maximum Gasteiger partial charge on any atom is 0.252 e. The van der Waals surface area contributed by atoms with E-state index in [0.29, 0.717) is 0 Å². The maximum absolute atomic E-state index is 2.69. The van der Waals surface area contributed by atoms with Crippen molar-refractivity contribution in [3.05, 3.63) is 218 Å². The number of anilines is 6. The van der Waals surface area contributed by atoms with Crippen molar-refractivity contribution in [1.82, 2.24) is 13.2 Å². The zero-order chi connectivity index (χ0) is 46.2. The fraction of sp³-hybridized carbons (Fsp3) is 0. The Morgan fingerprint density at radius 2 is 0.597 bits per heavy atom. The molecule has 0 atom stereocenters. The molecule has 328 valence electrons. The van der Waals surface area contributed by atoms with Gasteiger partial charge >= 0.3 is 0 Å². The minimum Gasteiger partial charge on any atom is -0.310 e. The first kappa shape index (κ1) is 36.5. The molecule has 6 aromatic heterocycles. The van der Waals surface area contributed by atoms with E-state index in [0.717, 1.165) is 11.4 Å². The molecule has 19 rings (SSSR count). The van der Waals surface area contributed by atoms with Gasteiger partial charge in [-0.15, -0.1) is 0 Å². The second-order valence-electron chi connectivity index (χ2n) is 20.3.